The molecule has 0 spiro atoms. The Hall–Kier alpha value is -1.61. The standard InChI is InChI=1S/C17H20N2O/c1-11-10-13-4-2-3-5-14(13)18-17(11)19-15-8-9-20-16(15)12-6-7-12/h2-5,10,12,15-16H,6-9H2,1H3,(H,18,19). The van der Waals surface area contributed by atoms with E-state index in [0.717, 1.165) is 30.3 Å². The molecule has 2 fully saturated rings. The Morgan fingerprint density at radius 3 is 2.90 bits per heavy atom. The zero-order valence-electron chi connectivity index (χ0n) is 11.8. The molecular formula is C17H20N2O. The van der Waals surface area contributed by atoms with Crippen LogP contribution in [0.25, 0.3) is 10.9 Å². The number of pyridine rings is 1. The summed E-state index contributed by atoms with van der Waals surface area (Å²) in [4.78, 5) is 4.79. The Balaban J connectivity index is 1.62. The number of ether oxygens (including phenoxy) is 1. The van der Waals surface area contributed by atoms with Gasteiger partial charge in [0.2, 0.25) is 0 Å². The number of hydrogen-bond donors (Lipinski definition) is 1. The highest BCUT2D eigenvalue weighted by Crippen LogP contribution is 2.39. The predicted octanol–water partition coefficient (Wildman–Crippen LogP) is 3.52. The Morgan fingerprint density at radius 2 is 2.05 bits per heavy atom. The van der Waals surface area contributed by atoms with Crippen molar-refractivity contribution >= 4 is 16.7 Å². The number of anilines is 1. The topological polar surface area (TPSA) is 34.2 Å². The maximum atomic E-state index is 5.90. The van der Waals surface area contributed by atoms with E-state index in [4.69, 9.17) is 9.72 Å². The third kappa shape index (κ3) is 2.16. The number of para-hydroxylation sites is 1. The van der Waals surface area contributed by atoms with E-state index < -0.39 is 0 Å². The Morgan fingerprint density at radius 1 is 1.20 bits per heavy atom. The summed E-state index contributed by atoms with van der Waals surface area (Å²) in [5.74, 6) is 1.79. The summed E-state index contributed by atoms with van der Waals surface area (Å²) in [6.07, 6.45) is 4.14. The minimum Gasteiger partial charge on any atom is -0.376 e. The highest BCUT2D eigenvalue weighted by atomic mass is 16.5. The fourth-order valence-corrected chi connectivity index (χ4v) is 3.20. The van der Waals surface area contributed by atoms with Crippen LogP contribution in [0.3, 0.4) is 0 Å². The molecule has 1 aliphatic carbocycles. The van der Waals surface area contributed by atoms with Crippen molar-refractivity contribution in [3.05, 3.63) is 35.9 Å². The molecule has 1 saturated heterocycles. The first-order valence-corrected chi connectivity index (χ1v) is 7.56. The second kappa shape index (κ2) is 4.74. The molecule has 0 bridgehead atoms. The lowest BCUT2D eigenvalue weighted by Crippen LogP contribution is -2.31. The third-order valence-corrected chi connectivity index (χ3v) is 4.46. The molecule has 2 aliphatic rings. The number of benzene rings is 1. The summed E-state index contributed by atoms with van der Waals surface area (Å²) in [7, 11) is 0. The van der Waals surface area contributed by atoms with Crippen molar-refractivity contribution in [2.75, 3.05) is 11.9 Å². The van der Waals surface area contributed by atoms with Crippen LogP contribution in [0.1, 0.15) is 24.8 Å². The maximum Gasteiger partial charge on any atom is 0.129 e. The first kappa shape index (κ1) is 12.2. The van der Waals surface area contributed by atoms with Gasteiger partial charge >= 0.3 is 0 Å². The Kier molecular flexibility index (Phi) is 2.88. The molecule has 0 radical (unpaired) electrons. The van der Waals surface area contributed by atoms with Crippen molar-refractivity contribution < 1.29 is 4.74 Å². The molecule has 3 heteroatoms. The number of nitrogens with one attached hydrogen (secondary N) is 1. The van der Waals surface area contributed by atoms with Gasteiger partial charge in [-0.05, 0) is 49.8 Å². The maximum absolute atomic E-state index is 5.90. The van der Waals surface area contributed by atoms with Gasteiger partial charge in [0, 0.05) is 12.0 Å². The van der Waals surface area contributed by atoms with Gasteiger partial charge in [-0.3, -0.25) is 0 Å². The number of aromatic nitrogens is 1. The summed E-state index contributed by atoms with van der Waals surface area (Å²) >= 11 is 0. The molecule has 20 heavy (non-hydrogen) atoms. The molecular weight excluding hydrogens is 248 g/mol. The van der Waals surface area contributed by atoms with E-state index in [1.165, 1.54) is 23.8 Å². The van der Waals surface area contributed by atoms with E-state index in [2.05, 4.69) is 36.5 Å². The first-order valence-electron chi connectivity index (χ1n) is 7.56. The van der Waals surface area contributed by atoms with Gasteiger partial charge in [-0.1, -0.05) is 18.2 Å². The number of hydrogen-bond acceptors (Lipinski definition) is 3. The summed E-state index contributed by atoms with van der Waals surface area (Å²) in [5, 5.41) is 4.84. The largest absolute Gasteiger partial charge is 0.376 e. The zero-order valence-corrected chi connectivity index (χ0v) is 11.8. The summed E-state index contributed by atoms with van der Waals surface area (Å²) in [5.41, 5.74) is 2.27. The van der Waals surface area contributed by atoms with Gasteiger partial charge in [0.1, 0.15) is 5.82 Å². The van der Waals surface area contributed by atoms with Gasteiger partial charge in [0.05, 0.1) is 17.7 Å². The molecule has 1 aromatic carbocycles. The first-order chi connectivity index (χ1) is 9.81. The van der Waals surface area contributed by atoms with Crippen LogP contribution in [0, 0.1) is 12.8 Å². The van der Waals surface area contributed by atoms with Gasteiger partial charge in [0.25, 0.3) is 0 Å². The summed E-state index contributed by atoms with van der Waals surface area (Å²) in [6, 6.07) is 10.9. The second-order valence-electron chi connectivity index (χ2n) is 6.06. The van der Waals surface area contributed by atoms with Gasteiger partial charge in [-0.15, -0.1) is 0 Å². The van der Waals surface area contributed by atoms with Crippen LogP contribution in [0.15, 0.2) is 30.3 Å². The van der Waals surface area contributed by atoms with E-state index >= 15 is 0 Å². The van der Waals surface area contributed by atoms with E-state index in [0.29, 0.717) is 12.1 Å². The van der Waals surface area contributed by atoms with E-state index in [-0.39, 0.29) is 0 Å². The van der Waals surface area contributed by atoms with Crippen molar-refractivity contribution in [3.8, 4) is 0 Å². The molecule has 104 valence electrons. The fourth-order valence-electron chi connectivity index (χ4n) is 3.20. The minimum atomic E-state index is 0.391. The van der Waals surface area contributed by atoms with Crippen LogP contribution in [0.4, 0.5) is 5.82 Å². The quantitative estimate of drug-likeness (QED) is 0.924. The predicted molar refractivity (Wildman–Crippen MR) is 81.0 cm³/mol. The van der Waals surface area contributed by atoms with E-state index in [9.17, 15) is 0 Å². The molecule has 1 N–H and O–H groups in total. The van der Waals surface area contributed by atoms with E-state index in [1.54, 1.807) is 0 Å². The van der Waals surface area contributed by atoms with Crippen molar-refractivity contribution in [1.29, 1.82) is 0 Å². The highest BCUT2D eigenvalue weighted by Gasteiger charge is 2.40. The molecule has 3 nitrogen and oxygen atoms in total. The lowest BCUT2D eigenvalue weighted by molar-refractivity contribution is 0.0898. The van der Waals surface area contributed by atoms with Gasteiger partial charge in [-0.25, -0.2) is 4.98 Å². The van der Waals surface area contributed by atoms with Crippen LogP contribution in [-0.4, -0.2) is 23.7 Å². The lowest BCUT2D eigenvalue weighted by atomic mass is 10.1. The number of nitrogens with zero attached hydrogens (tertiary/aromatic N) is 1. The third-order valence-electron chi connectivity index (χ3n) is 4.46. The molecule has 2 atom stereocenters. The molecule has 2 heterocycles. The fraction of sp³-hybridized carbons (Fsp3) is 0.471. The number of fused-ring (bicyclic) bond motifs is 1. The lowest BCUT2D eigenvalue weighted by Gasteiger charge is -2.21. The molecule has 4 rings (SSSR count). The normalized spacial score (nSPS) is 26.1. The second-order valence-corrected chi connectivity index (χ2v) is 6.06. The summed E-state index contributed by atoms with van der Waals surface area (Å²) in [6.45, 7) is 3.01. The molecule has 1 saturated carbocycles. The number of aryl methyl sites for hydroxylation is 1. The number of rotatable bonds is 3. The van der Waals surface area contributed by atoms with Crippen molar-refractivity contribution in [1.82, 2.24) is 4.98 Å². The van der Waals surface area contributed by atoms with Crippen molar-refractivity contribution in [2.24, 2.45) is 5.92 Å². The molecule has 1 aliphatic heterocycles. The average molecular weight is 268 g/mol. The molecule has 1 aromatic heterocycles. The van der Waals surface area contributed by atoms with Crippen LogP contribution in [0.2, 0.25) is 0 Å². The van der Waals surface area contributed by atoms with Crippen LogP contribution in [0.5, 0.6) is 0 Å². The minimum absolute atomic E-state index is 0.391. The zero-order chi connectivity index (χ0) is 13.5. The van der Waals surface area contributed by atoms with Crippen molar-refractivity contribution in [2.45, 2.75) is 38.3 Å². The van der Waals surface area contributed by atoms with Crippen molar-refractivity contribution in [3.63, 3.8) is 0 Å². The van der Waals surface area contributed by atoms with Gasteiger partial charge in [0.15, 0.2) is 0 Å². The van der Waals surface area contributed by atoms with E-state index in [1.807, 2.05) is 6.07 Å². The highest BCUT2D eigenvalue weighted by molar-refractivity contribution is 5.81. The molecule has 2 aromatic rings. The SMILES string of the molecule is Cc1cc2ccccc2nc1NC1CCOC1C1CC1. The monoisotopic (exact) mass is 268 g/mol. The van der Waals surface area contributed by atoms with Crippen LogP contribution >= 0.6 is 0 Å². The Bertz CT molecular complexity index is 636. The summed E-state index contributed by atoms with van der Waals surface area (Å²) < 4.78 is 5.90. The van der Waals surface area contributed by atoms with Gasteiger partial charge < -0.3 is 10.1 Å². The van der Waals surface area contributed by atoms with Crippen LogP contribution in [-0.2, 0) is 4.74 Å². The Labute approximate surface area is 119 Å². The molecule has 2 unspecified atom stereocenters. The van der Waals surface area contributed by atoms with Gasteiger partial charge in [-0.2, -0.15) is 0 Å². The van der Waals surface area contributed by atoms with Crippen LogP contribution < -0.4 is 5.32 Å². The molecule has 0 amide bonds. The average Bonchev–Trinajstić information content (AvgIpc) is 3.20. The smallest absolute Gasteiger partial charge is 0.129 e.